The molecule has 1 unspecified atom stereocenters. The Labute approximate surface area is 119 Å². The van der Waals surface area contributed by atoms with Gasteiger partial charge >= 0.3 is 5.97 Å². The molecule has 0 saturated heterocycles. The molecule has 0 bridgehead atoms. The maximum absolute atomic E-state index is 12.1. The van der Waals surface area contributed by atoms with Gasteiger partial charge in [-0.1, -0.05) is 19.1 Å². The predicted octanol–water partition coefficient (Wildman–Crippen LogP) is 1.88. The van der Waals surface area contributed by atoms with E-state index >= 15 is 0 Å². The minimum absolute atomic E-state index is 0.131. The van der Waals surface area contributed by atoms with Gasteiger partial charge in [0.25, 0.3) is 0 Å². The van der Waals surface area contributed by atoms with Crippen LogP contribution in [0.15, 0.2) is 29.2 Å². The van der Waals surface area contributed by atoms with Crippen LogP contribution in [0, 0.1) is 0 Å². The summed E-state index contributed by atoms with van der Waals surface area (Å²) in [5.74, 6) is -0.842. The molecule has 1 aliphatic carbocycles. The van der Waals surface area contributed by atoms with Crippen LogP contribution >= 0.6 is 0 Å². The molecule has 6 heteroatoms. The second-order valence-corrected chi connectivity index (χ2v) is 7.06. The van der Waals surface area contributed by atoms with Gasteiger partial charge in [-0.25, -0.2) is 13.1 Å². The molecule has 0 amide bonds. The molecule has 1 aromatic rings. The summed E-state index contributed by atoms with van der Waals surface area (Å²) in [5.41, 5.74) is -0.126. The Bertz CT molecular complexity index is 603. The van der Waals surface area contributed by atoms with E-state index in [1.807, 2.05) is 6.92 Å². The Balaban J connectivity index is 2.23. The monoisotopic (exact) mass is 297 g/mol. The third-order valence-electron chi connectivity index (χ3n) is 3.85. The molecule has 1 saturated carbocycles. The zero-order valence-electron chi connectivity index (χ0n) is 11.6. The number of sulfonamides is 1. The fraction of sp³-hybridized carbons (Fsp3) is 0.500. The van der Waals surface area contributed by atoms with Crippen molar-refractivity contribution in [1.29, 1.82) is 0 Å². The van der Waals surface area contributed by atoms with Gasteiger partial charge in [-0.15, -0.1) is 0 Å². The maximum Gasteiger partial charge on any atom is 0.314 e. The van der Waals surface area contributed by atoms with E-state index in [1.54, 1.807) is 19.1 Å². The van der Waals surface area contributed by atoms with E-state index in [2.05, 4.69) is 4.72 Å². The zero-order chi connectivity index (χ0) is 15.0. The summed E-state index contributed by atoms with van der Waals surface area (Å²) >= 11 is 0. The molecule has 2 rings (SSSR count). The molecule has 1 fully saturated rings. The Hall–Kier alpha value is -1.40. The molecule has 1 atom stereocenters. The second kappa shape index (κ2) is 5.18. The van der Waals surface area contributed by atoms with Crippen LogP contribution in [0.5, 0.6) is 0 Å². The number of carboxylic acids is 1. The zero-order valence-corrected chi connectivity index (χ0v) is 12.4. The van der Waals surface area contributed by atoms with Crippen molar-refractivity contribution >= 4 is 16.0 Å². The van der Waals surface area contributed by atoms with Crippen LogP contribution in [0.4, 0.5) is 0 Å². The van der Waals surface area contributed by atoms with E-state index in [9.17, 15) is 18.3 Å². The Kier molecular flexibility index (Phi) is 3.88. The van der Waals surface area contributed by atoms with Gasteiger partial charge in [-0.2, -0.15) is 0 Å². The van der Waals surface area contributed by atoms with Gasteiger partial charge in [0.15, 0.2) is 0 Å². The van der Waals surface area contributed by atoms with E-state index in [-0.39, 0.29) is 10.9 Å². The smallest absolute Gasteiger partial charge is 0.314 e. The average Bonchev–Trinajstić information content (AvgIpc) is 3.20. The fourth-order valence-corrected chi connectivity index (χ4v) is 3.45. The topological polar surface area (TPSA) is 83.5 Å². The summed E-state index contributed by atoms with van der Waals surface area (Å²) < 4.78 is 26.7. The first-order valence-corrected chi connectivity index (χ1v) is 8.16. The molecular weight excluding hydrogens is 278 g/mol. The van der Waals surface area contributed by atoms with Crippen LogP contribution in [0.1, 0.15) is 38.7 Å². The van der Waals surface area contributed by atoms with Gasteiger partial charge in [0, 0.05) is 6.04 Å². The minimum atomic E-state index is -3.53. The first-order chi connectivity index (χ1) is 9.32. The third-order valence-corrected chi connectivity index (χ3v) is 5.45. The number of carboxylic acid groups (broad SMARTS) is 1. The molecule has 5 nitrogen and oxygen atoms in total. The van der Waals surface area contributed by atoms with E-state index in [0.717, 1.165) is 0 Å². The van der Waals surface area contributed by atoms with Gasteiger partial charge in [-0.05, 0) is 43.9 Å². The van der Waals surface area contributed by atoms with Crippen LogP contribution in [0.25, 0.3) is 0 Å². The number of benzene rings is 1. The predicted molar refractivity (Wildman–Crippen MR) is 75.1 cm³/mol. The Morgan fingerprint density at radius 3 is 2.30 bits per heavy atom. The van der Waals surface area contributed by atoms with E-state index in [1.165, 1.54) is 12.1 Å². The fourth-order valence-electron chi connectivity index (χ4n) is 2.12. The molecule has 0 aromatic heterocycles. The highest BCUT2D eigenvalue weighted by Crippen LogP contribution is 2.48. The second-order valence-electron chi connectivity index (χ2n) is 5.34. The number of nitrogens with one attached hydrogen (secondary N) is 1. The van der Waals surface area contributed by atoms with Crippen molar-refractivity contribution in [3.05, 3.63) is 29.8 Å². The van der Waals surface area contributed by atoms with Crippen molar-refractivity contribution in [2.75, 3.05) is 0 Å². The summed E-state index contributed by atoms with van der Waals surface area (Å²) in [7, 11) is -3.53. The number of aliphatic carboxylic acids is 1. The Morgan fingerprint density at radius 1 is 1.35 bits per heavy atom. The number of hydrogen-bond donors (Lipinski definition) is 2. The van der Waals surface area contributed by atoms with Crippen molar-refractivity contribution in [2.24, 2.45) is 0 Å². The van der Waals surface area contributed by atoms with Crippen molar-refractivity contribution in [1.82, 2.24) is 4.72 Å². The third kappa shape index (κ3) is 2.71. The summed E-state index contributed by atoms with van der Waals surface area (Å²) in [6, 6.07) is 6.03. The normalized spacial score (nSPS) is 18.5. The highest BCUT2D eigenvalue weighted by atomic mass is 32.2. The van der Waals surface area contributed by atoms with E-state index in [0.29, 0.717) is 24.8 Å². The summed E-state index contributed by atoms with van der Waals surface area (Å²) in [5, 5.41) is 9.21. The average molecular weight is 297 g/mol. The molecule has 1 aromatic carbocycles. The van der Waals surface area contributed by atoms with E-state index < -0.39 is 21.4 Å². The first kappa shape index (κ1) is 15.0. The molecule has 0 heterocycles. The van der Waals surface area contributed by atoms with Crippen LogP contribution < -0.4 is 4.72 Å². The number of rotatable bonds is 6. The molecule has 0 radical (unpaired) electrons. The van der Waals surface area contributed by atoms with E-state index in [4.69, 9.17) is 0 Å². The lowest BCUT2D eigenvalue weighted by Crippen LogP contribution is -2.32. The van der Waals surface area contributed by atoms with Gasteiger partial charge in [0.05, 0.1) is 10.3 Å². The van der Waals surface area contributed by atoms with Crippen molar-refractivity contribution in [2.45, 2.75) is 49.5 Å². The molecule has 0 aliphatic heterocycles. The van der Waals surface area contributed by atoms with Crippen LogP contribution in [0.2, 0.25) is 0 Å². The summed E-state index contributed by atoms with van der Waals surface area (Å²) in [6.45, 7) is 3.70. The lowest BCUT2D eigenvalue weighted by atomic mass is 9.96. The summed E-state index contributed by atoms with van der Waals surface area (Å²) in [6.07, 6.45) is 1.93. The van der Waals surface area contributed by atoms with Crippen molar-refractivity contribution in [3.8, 4) is 0 Å². The molecule has 2 N–H and O–H groups in total. The highest BCUT2D eigenvalue weighted by Gasteiger charge is 2.51. The van der Waals surface area contributed by atoms with Gasteiger partial charge in [0.2, 0.25) is 10.0 Å². The highest BCUT2D eigenvalue weighted by molar-refractivity contribution is 7.89. The molecular formula is C14H19NO4S. The quantitative estimate of drug-likeness (QED) is 0.839. The lowest BCUT2D eigenvalue weighted by molar-refractivity contribution is -0.140. The van der Waals surface area contributed by atoms with Crippen LogP contribution in [-0.4, -0.2) is 25.5 Å². The minimum Gasteiger partial charge on any atom is -0.481 e. The molecule has 1 aliphatic rings. The van der Waals surface area contributed by atoms with Crippen molar-refractivity contribution < 1.29 is 18.3 Å². The van der Waals surface area contributed by atoms with Gasteiger partial charge in [0.1, 0.15) is 0 Å². The van der Waals surface area contributed by atoms with Gasteiger partial charge in [-0.3, -0.25) is 4.79 Å². The van der Waals surface area contributed by atoms with Crippen LogP contribution in [0.3, 0.4) is 0 Å². The number of carbonyl (C=O) groups is 1. The van der Waals surface area contributed by atoms with Crippen molar-refractivity contribution in [3.63, 3.8) is 0 Å². The molecule has 110 valence electrons. The lowest BCUT2D eigenvalue weighted by Gasteiger charge is -2.14. The Morgan fingerprint density at radius 2 is 1.90 bits per heavy atom. The first-order valence-electron chi connectivity index (χ1n) is 6.68. The standard InChI is InChI=1S/C14H19NO4S/c1-3-10(2)15-20(18,19)12-6-4-11(5-7-12)14(8-9-14)13(16)17/h4-7,10,15H,3,8-9H2,1-2H3,(H,16,17). The number of hydrogen-bond acceptors (Lipinski definition) is 3. The summed E-state index contributed by atoms with van der Waals surface area (Å²) in [4.78, 5) is 11.4. The van der Waals surface area contributed by atoms with Crippen LogP contribution in [-0.2, 0) is 20.2 Å². The molecule has 20 heavy (non-hydrogen) atoms. The maximum atomic E-state index is 12.1. The van der Waals surface area contributed by atoms with Gasteiger partial charge < -0.3 is 5.11 Å². The largest absolute Gasteiger partial charge is 0.481 e. The SMILES string of the molecule is CCC(C)NS(=O)(=O)c1ccc(C2(C(=O)O)CC2)cc1. The molecule has 0 spiro atoms.